The first-order valence-electron chi connectivity index (χ1n) is 12.8. The molecule has 6 rings (SSSR count). The van der Waals surface area contributed by atoms with Gasteiger partial charge in [-0.15, -0.1) is 0 Å². The van der Waals surface area contributed by atoms with Crippen molar-refractivity contribution in [2.24, 2.45) is 0 Å². The summed E-state index contributed by atoms with van der Waals surface area (Å²) in [5.74, 6) is -5.07. The fourth-order valence-electron chi connectivity index (χ4n) is 5.70. The zero-order valence-corrected chi connectivity index (χ0v) is 21.6. The Morgan fingerprint density at radius 1 is 0.548 bits per heavy atom. The lowest BCUT2D eigenvalue weighted by Crippen LogP contribution is -2.35. The number of phenols is 8. The Morgan fingerprint density at radius 2 is 1.12 bits per heavy atom. The van der Waals surface area contributed by atoms with Gasteiger partial charge >= 0.3 is 0 Å². The molecule has 0 aliphatic carbocycles. The summed E-state index contributed by atoms with van der Waals surface area (Å²) in [6, 6.07) is 11.0. The molecule has 0 saturated heterocycles. The first kappa shape index (κ1) is 27.0. The summed E-state index contributed by atoms with van der Waals surface area (Å²) in [6.07, 6.45) is -5.31. The standard InChI is InChI=1S/C30H26O12/c31-13-7-19(36)24-23(8-13)42-30(12-2-4-16(33)18(35)6-12)28(40)26(24)25-20(37)10-22-14(27(25)39)9-21(38)29(41-22)11-1-3-15(32)17(34)5-11/h1-8,10,21,26,28-40H,9H2/t21-,26+,28-,29-,30-/m1/s1. The molecule has 4 aromatic rings. The van der Waals surface area contributed by atoms with Crippen LogP contribution in [0.4, 0.5) is 0 Å². The van der Waals surface area contributed by atoms with E-state index in [2.05, 4.69) is 0 Å². The zero-order chi connectivity index (χ0) is 30.0. The Bertz CT molecular complexity index is 1720. The van der Waals surface area contributed by atoms with Crippen molar-refractivity contribution in [3.8, 4) is 57.5 Å². The van der Waals surface area contributed by atoms with Gasteiger partial charge < -0.3 is 60.5 Å². The number of hydrogen-bond acceptors (Lipinski definition) is 12. The molecule has 0 saturated carbocycles. The third kappa shape index (κ3) is 4.24. The van der Waals surface area contributed by atoms with Crippen molar-refractivity contribution in [2.75, 3.05) is 0 Å². The van der Waals surface area contributed by atoms with Gasteiger partial charge in [0.2, 0.25) is 0 Å². The Hall–Kier alpha value is -5.20. The van der Waals surface area contributed by atoms with E-state index in [0.29, 0.717) is 5.56 Å². The predicted molar refractivity (Wildman–Crippen MR) is 143 cm³/mol. The van der Waals surface area contributed by atoms with Gasteiger partial charge in [0.25, 0.3) is 0 Å². The molecule has 0 radical (unpaired) electrons. The van der Waals surface area contributed by atoms with Gasteiger partial charge in [-0.2, -0.15) is 0 Å². The molecule has 0 unspecified atom stereocenters. The van der Waals surface area contributed by atoms with Crippen LogP contribution in [-0.4, -0.2) is 63.3 Å². The maximum absolute atomic E-state index is 11.6. The van der Waals surface area contributed by atoms with Crippen LogP contribution in [0.3, 0.4) is 0 Å². The summed E-state index contributed by atoms with van der Waals surface area (Å²) in [7, 11) is 0. The molecule has 0 amide bonds. The van der Waals surface area contributed by atoms with Crippen LogP contribution >= 0.6 is 0 Å². The molecular formula is C30H26O12. The maximum atomic E-state index is 11.6. The van der Waals surface area contributed by atoms with E-state index in [-0.39, 0.29) is 51.7 Å². The molecule has 0 bridgehead atoms. The molecular weight excluding hydrogens is 552 g/mol. The van der Waals surface area contributed by atoms with Crippen molar-refractivity contribution in [2.45, 2.75) is 36.8 Å². The van der Waals surface area contributed by atoms with Crippen molar-refractivity contribution >= 4 is 0 Å². The molecule has 0 aromatic heterocycles. The summed E-state index contributed by atoms with van der Waals surface area (Å²) in [5.41, 5.74) is 0.333. The first-order valence-corrected chi connectivity index (χ1v) is 12.8. The quantitative estimate of drug-likeness (QED) is 0.159. The van der Waals surface area contributed by atoms with Gasteiger partial charge in [-0.3, -0.25) is 0 Å². The van der Waals surface area contributed by atoms with Gasteiger partial charge in [0.15, 0.2) is 29.1 Å². The number of aliphatic hydroxyl groups excluding tert-OH is 2. The highest BCUT2D eigenvalue weighted by Gasteiger charge is 2.45. The minimum atomic E-state index is -1.60. The second kappa shape index (κ2) is 9.72. The molecule has 12 heteroatoms. The van der Waals surface area contributed by atoms with Gasteiger partial charge in [-0.25, -0.2) is 0 Å². The normalized spacial score (nSPS) is 22.9. The van der Waals surface area contributed by atoms with E-state index < -0.39 is 64.8 Å². The average molecular weight is 579 g/mol. The van der Waals surface area contributed by atoms with E-state index >= 15 is 0 Å². The SMILES string of the molecule is Oc1cc(O)c2c(c1)O[C@H](c1ccc(O)c(O)c1)[C@H](O)[C@@H]2c1c(O)cc2c(c1O)C[C@@H](O)[C@@H](c1ccc(O)c(O)c1)O2. The highest BCUT2D eigenvalue weighted by atomic mass is 16.5. The van der Waals surface area contributed by atoms with Crippen LogP contribution < -0.4 is 9.47 Å². The summed E-state index contributed by atoms with van der Waals surface area (Å²) < 4.78 is 11.8. The van der Waals surface area contributed by atoms with Crippen molar-refractivity contribution in [3.05, 3.63) is 82.4 Å². The molecule has 218 valence electrons. The zero-order valence-electron chi connectivity index (χ0n) is 21.6. The molecule has 10 N–H and O–H groups in total. The number of fused-ring (bicyclic) bond motifs is 2. The summed E-state index contributed by atoms with van der Waals surface area (Å²) in [5, 5.41) is 105. The fourth-order valence-corrected chi connectivity index (χ4v) is 5.70. The molecule has 2 aliphatic rings. The second-order valence-corrected chi connectivity index (χ2v) is 10.3. The minimum Gasteiger partial charge on any atom is -0.508 e. The van der Waals surface area contributed by atoms with E-state index in [1.165, 1.54) is 42.5 Å². The van der Waals surface area contributed by atoms with E-state index in [0.717, 1.165) is 12.1 Å². The predicted octanol–water partition coefficient (Wildman–Crippen LogP) is 3.00. The molecule has 0 fully saturated rings. The van der Waals surface area contributed by atoms with E-state index in [4.69, 9.17) is 9.47 Å². The van der Waals surface area contributed by atoms with E-state index in [9.17, 15) is 51.1 Å². The van der Waals surface area contributed by atoms with Gasteiger partial charge in [0.1, 0.15) is 46.7 Å². The highest BCUT2D eigenvalue weighted by Crippen LogP contribution is 2.56. The van der Waals surface area contributed by atoms with Crippen LogP contribution in [-0.2, 0) is 6.42 Å². The van der Waals surface area contributed by atoms with Crippen molar-refractivity contribution in [3.63, 3.8) is 0 Å². The van der Waals surface area contributed by atoms with Crippen molar-refractivity contribution < 1.29 is 60.5 Å². The molecule has 42 heavy (non-hydrogen) atoms. The topological polar surface area (TPSA) is 221 Å². The molecule has 5 atom stereocenters. The van der Waals surface area contributed by atoms with Gasteiger partial charge in [0.05, 0.1) is 12.0 Å². The summed E-state index contributed by atoms with van der Waals surface area (Å²) in [6.45, 7) is 0. The molecule has 2 aliphatic heterocycles. The van der Waals surface area contributed by atoms with Crippen LogP contribution in [0.2, 0.25) is 0 Å². The van der Waals surface area contributed by atoms with Gasteiger partial charge in [0, 0.05) is 41.3 Å². The second-order valence-electron chi connectivity index (χ2n) is 10.3. The third-order valence-electron chi connectivity index (χ3n) is 7.69. The first-order chi connectivity index (χ1) is 19.9. The van der Waals surface area contributed by atoms with Gasteiger partial charge in [-0.1, -0.05) is 12.1 Å². The van der Waals surface area contributed by atoms with Crippen LogP contribution in [0.15, 0.2) is 54.6 Å². The van der Waals surface area contributed by atoms with Crippen LogP contribution in [0.5, 0.6) is 57.5 Å². The summed E-state index contributed by atoms with van der Waals surface area (Å²) >= 11 is 0. The Kier molecular flexibility index (Phi) is 6.24. The number of rotatable bonds is 3. The Morgan fingerprint density at radius 3 is 1.74 bits per heavy atom. The minimum absolute atomic E-state index is 0.00771. The highest BCUT2D eigenvalue weighted by molar-refractivity contribution is 5.65. The average Bonchev–Trinajstić information content (AvgIpc) is 2.93. The molecule has 2 heterocycles. The largest absolute Gasteiger partial charge is 0.508 e. The van der Waals surface area contributed by atoms with E-state index in [1.807, 2.05) is 0 Å². The number of benzene rings is 4. The fraction of sp³-hybridized carbons (Fsp3) is 0.200. The molecule has 0 spiro atoms. The monoisotopic (exact) mass is 578 g/mol. The molecule has 4 aromatic carbocycles. The number of ether oxygens (including phenoxy) is 2. The number of aromatic hydroxyl groups is 8. The maximum Gasteiger partial charge on any atom is 0.157 e. The number of phenolic OH excluding ortho intramolecular Hbond substituents is 8. The Labute approximate surface area is 237 Å². The number of hydrogen-bond donors (Lipinski definition) is 10. The lowest BCUT2D eigenvalue weighted by atomic mass is 9.77. The molecule has 12 nitrogen and oxygen atoms in total. The van der Waals surface area contributed by atoms with Crippen LogP contribution in [0.1, 0.15) is 45.9 Å². The number of aliphatic hydroxyl groups is 2. The van der Waals surface area contributed by atoms with E-state index in [1.54, 1.807) is 0 Å². The summed E-state index contributed by atoms with van der Waals surface area (Å²) in [4.78, 5) is 0. The van der Waals surface area contributed by atoms with Crippen LogP contribution in [0.25, 0.3) is 0 Å². The van der Waals surface area contributed by atoms with Crippen LogP contribution in [0, 0.1) is 0 Å². The third-order valence-corrected chi connectivity index (χ3v) is 7.69. The van der Waals surface area contributed by atoms with Crippen molar-refractivity contribution in [1.82, 2.24) is 0 Å². The Balaban J connectivity index is 1.47. The smallest absolute Gasteiger partial charge is 0.157 e. The lowest BCUT2D eigenvalue weighted by molar-refractivity contribution is 0.00573. The lowest BCUT2D eigenvalue weighted by Gasteiger charge is -2.39. The van der Waals surface area contributed by atoms with Gasteiger partial charge in [-0.05, 0) is 35.4 Å². The van der Waals surface area contributed by atoms with Crippen molar-refractivity contribution in [1.29, 1.82) is 0 Å².